The zero-order valence-electron chi connectivity index (χ0n) is 9.01. The molecule has 0 radical (unpaired) electrons. The average molecular weight is 190 g/mol. The van der Waals surface area contributed by atoms with Gasteiger partial charge in [-0.3, -0.25) is 4.98 Å². The summed E-state index contributed by atoms with van der Waals surface area (Å²) in [6.45, 7) is 4.30. The van der Waals surface area contributed by atoms with Gasteiger partial charge < -0.3 is 5.32 Å². The van der Waals surface area contributed by atoms with Crippen LogP contribution in [-0.2, 0) is 0 Å². The van der Waals surface area contributed by atoms with Crippen molar-refractivity contribution in [2.75, 3.05) is 5.32 Å². The van der Waals surface area contributed by atoms with Crippen LogP contribution in [0.25, 0.3) is 0 Å². The second kappa shape index (κ2) is 3.60. The molecule has 1 aromatic heterocycles. The number of aromatic nitrogens is 1. The van der Waals surface area contributed by atoms with E-state index in [1.54, 1.807) is 0 Å². The van der Waals surface area contributed by atoms with Crippen LogP contribution in [0.5, 0.6) is 0 Å². The smallest absolute Gasteiger partial charge is 0.0393 e. The van der Waals surface area contributed by atoms with E-state index in [0.29, 0.717) is 5.54 Å². The van der Waals surface area contributed by atoms with E-state index >= 15 is 0 Å². The van der Waals surface area contributed by atoms with Crippen LogP contribution in [0.2, 0.25) is 0 Å². The Balaban J connectivity index is 2.09. The highest BCUT2D eigenvalue weighted by molar-refractivity contribution is 5.46. The Hall–Kier alpha value is -1.05. The summed E-state index contributed by atoms with van der Waals surface area (Å²) in [5.41, 5.74) is 2.69. The Kier molecular flexibility index (Phi) is 2.44. The van der Waals surface area contributed by atoms with Crippen LogP contribution >= 0.6 is 0 Å². The molecule has 0 saturated heterocycles. The van der Waals surface area contributed by atoms with Gasteiger partial charge in [-0.25, -0.2) is 0 Å². The number of nitrogens with one attached hydrogen (secondary N) is 1. The zero-order valence-corrected chi connectivity index (χ0v) is 9.01. The second-order valence-electron chi connectivity index (χ2n) is 4.30. The van der Waals surface area contributed by atoms with Crippen molar-refractivity contribution in [1.82, 2.24) is 4.98 Å². The monoisotopic (exact) mass is 190 g/mol. The van der Waals surface area contributed by atoms with Crippen LogP contribution in [0.4, 0.5) is 5.69 Å². The number of hydrogen-bond donors (Lipinski definition) is 1. The number of anilines is 1. The third-order valence-electron chi connectivity index (χ3n) is 3.29. The molecule has 0 unspecified atom stereocenters. The summed E-state index contributed by atoms with van der Waals surface area (Å²) >= 11 is 0. The molecule has 1 aliphatic carbocycles. The Labute approximate surface area is 85.7 Å². The summed E-state index contributed by atoms with van der Waals surface area (Å²) < 4.78 is 0. The molecule has 2 nitrogen and oxygen atoms in total. The largest absolute Gasteiger partial charge is 0.380 e. The minimum absolute atomic E-state index is 0.383. The van der Waals surface area contributed by atoms with Crippen molar-refractivity contribution in [3.05, 3.63) is 24.0 Å². The number of nitrogens with zero attached hydrogens (tertiary/aromatic N) is 1. The molecule has 1 N–H and O–H groups in total. The van der Waals surface area contributed by atoms with E-state index in [2.05, 4.69) is 29.4 Å². The van der Waals surface area contributed by atoms with E-state index in [1.807, 2.05) is 13.1 Å². The van der Waals surface area contributed by atoms with Crippen molar-refractivity contribution in [2.45, 2.75) is 45.1 Å². The summed E-state index contributed by atoms with van der Waals surface area (Å²) in [7, 11) is 0. The van der Waals surface area contributed by atoms with Gasteiger partial charge in [0.1, 0.15) is 0 Å². The molecular weight excluding hydrogens is 172 g/mol. The molecule has 2 heteroatoms. The van der Waals surface area contributed by atoms with Crippen molar-refractivity contribution in [3.8, 4) is 0 Å². The quantitative estimate of drug-likeness (QED) is 0.792. The van der Waals surface area contributed by atoms with Gasteiger partial charge in [-0.15, -0.1) is 0 Å². The molecule has 1 heterocycles. The maximum atomic E-state index is 4.20. The van der Waals surface area contributed by atoms with E-state index in [1.165, 1.54) is 31.4 Å². The number of pyridine rings is 1. The van der Waals surface area contributed by atoms with Crippen molar-refractivity contribution in [1.29, 1.82) is 0 Å². The SMILES string of the molecule is CCC1(Nc2ccnc(C)c2)CCC1. The van der Waals surface area contributed by atoms with Crippen LogP contribution in [0.15, 0.2) is 18.3 Å². The van der Waals surface area contributed by atoms with Gasteiger partial charge >= 0.3 is 0 Å². The summed E-state index contributed by atoms with van der Waals surface area (Å²) in [5, 5.41) is 3.64. The van der Waals surface area contributed by atoms with E-state index in [0.717, 1.165) is 5.69 Å². The summed E-state index contributed by atoms with van der Waals surface area (Å²) in [4.78, 5) is 4.20. The van der Waals surface area contributed by atoms with Crippen LogP contribution < -0.4 is 5.32 Å². The molecule has 1 saturated carbocycles. The molecule has 0 spiro atoms. The molecule has 1 aromatic rings. The molecule has 0 atom stereocenters. The third-order valence-corrected chi connectivity index (χ3v) is 3.29. The van der Waals surface area contributed by atoms with Crippen molar-refractivity contribution in [3.63, 3.8) is 0 Å². The Morgan fingerprint density at radius 3 is 2.79 bits per heavy atom. The fourth-order valence-corrected chi connectivity index (χ4v) is 2.10. The molecule has 2 rings (SSSR count). The van der Waals surface area contributed by atoms with E-state index in [9.17, 15) is 0 Å². The summed E-state index contributed by atoms with van der Waals surface area (Å²) in [6.07, 6.45) is 7.08. The topological polar surface area (TPSA) is 24.9 Å². The lowest BCUT2D eigenvalue weighted by Crippen LogP contribution is -2.44. The molecule has 0 aromatic carbocycles. The van der Waals surface area contributed by atoms with Gasteiger partial charge in [-0.2, -0.15) is 0 Å². The first-order valence-corrected chi connectivity index (χ1v) is 5.45. The molecule has 14 heavy (non-hydrogen) atoms. The predicted molar refractivity (Wildman–Crippen MR) is 59.5 cm³/mol. The molecule has 0 amide bonds. The van der Waals surface area contributed by atoms with Crippen LogP contribution in [-0.4, -0.2) is 10.5 Å². The van der Waals surface area contributed by atoms with Crippen LogP contribution in [0.1, 0.15) is 38.3 Å². The van der Waals surface area contributed by atoms with Gasteiger partial charge in [0.05, 0.1) is 0 Å². The second-order valence-corrected chi connectivity index (χ2v) is 4.30. The molecule has 0 bridgehead atoms. The van der Waals surface area contributed by atoms with Gasteiger partial charge in [-0.1, -0.05) is 6.92 Å². The summed E-state index contributed by atoms with van der Waals surface area (Å²) in [6, 6.07) is 4.18. The lowest BCUT2D eigenvalue weighted by Gasteiger charge is -2.43. The van der Waals surface area contributed by atoms with Gasteiger partial charge in [-0.05, 0) is 44.7 Å². The Morgan fingerprint density at radius 1 is 1.50 bits per heavy atom. The van der Waals surface area contributed by atoms with E-state index in [4.69, 9.17) is 0 Å². The normalized spacial score (nSPS) is 18.7. The minimum atomic E-state index is 0.383. The average Bonchev–Trinajstić information content (AvgIpc) is 2.11. The lowest BCUT2D eigenvalue weighted by molar-refractivity contribution is 0.269. The first kappa shape index (κ1) is 9.50. The van der Waals surface area contributed by atoms with E-state index in [-0.39, 0.29) is 0 Å². The predicted octanol–water partition coefficient (Wildman–Crippen LogP) is 3.13. The zero-order chi connectivity index (χ0) is 10.0. The number of hydrogen-bond acceptors (Lipinski definition) is 2. The minimum Gasteiger partial charge on any atom is -0.380 e. The third kappa shape index (κ3) is 1.74. The molecule has 1 fully saturated rings. The van der Waals surface area contributed by atoms with Crippen molar-refractivity contribution < 1.29 is 0 Å². The van der Waals surface area contributed by atoms with Gasteiger partial charge in [0.15, 0.2) is 0 Å². The Bertz CT molecular complexity index is 310. The molecule has 1 aliphatic rings. The standard InChI is InChI=1S/C12H18N2/c1-3-12(6-4-7-12)14-11-5-8-13-10(2)9-11/h5,8-9H,3-4,6-7H2,1-2H3,(H,13,14). The number of aryl methyl sites for hydroxylation is 1. The summed E-state index contributed by atoms with van der Waals surface area (Å²) in [5.74, 6) is 0. The van der Waals surface area contributed by atoms with Crippen molar-refractivity contribution in [2.24, 2.45) is 0 Å². The highest BCUT2D eigenvalue weighted by Gasteiger charge is 2.34. The first-order chi connectivity index (χ1) is 6.74. The molecule has 76 valence electrons. The maximum Gasteiger partial charge on any atom is 0.0393 e. The molecule has 0 aliphatic heterocycles. The van der Waals surface area contributed by atoms with Crippen LogP contribution in [0, 0.1) is 6.92 Å². The fraction of sp³-hybridized carbons (Fsp3) is 0.583. The lowest BCUT2D eigenvalue weighted by atomic mass is 9.74. The van der Waals surface area contributed by atoms with Crippen molar-refractivity contribution >= 4 is 5.69 Å². The number of rotatable bonds is 3. The van der Waals surface area contributed by atoms with Gasteiger partial charge in [0.25, 0.3) is 0 Å². The highest BCUT2D eigenvalue weighted by atomic mass is 15.0. The van der Waals surface area contributed by atoms with Crippen LogP contribution in [0.3, 0.4) is 0 Å². The fourth-order valence-electron chi connectivity index (χ4n) is 2.10. The highest BCUT2D eigenvalue weighted by Crippen LogP contribution is 2.37. The first-order valence-electron chi connectivity index (χ1n) is 5.45. The van der Waals surface area contributed by atoms with E-state index < -0.39 is 0 Å². The van der Waals surface area contributed by atoms with Gasteiger partial charge in [0, 0.05) is 23.1 Å². The molecular formula is C12H18N2. The van der Waals surface area contributed by atoms with Gasteiger partial charge in [0.2, 0.25) is 0 Å². The maximum absolute atomic E-state index is 4.20. The Morgan fingerprint density at radius 2 is 2.29 bits per heavy atom.